The van der Waals surface area contributed by atoms with Crippen LogP contribution >= 0.6 is 0 Å². The van der Waals surface area contributed by atoms with E-state index in [1.807, 2.05) is 13.1 Å². The van der Waals surface area contributed by atoms with Crippen LogP contribution in [0.2, 0.25) is 0 Å². The molecule has 1 aromatic heterocycles. The molecule has 0 fully saturated rings. The van der Waals surface area contributed by atoms with Crippen molar-refractivity contribution in [1.29, 1.82) is 0 Å². The minimum Gasteiger partial charge on any atom is -0.338 e. The molecular formula is C15H21N3O. The summed E-state index contributed by atoms with van der Waals surface area (Å²) in [4.78, 5) is 4.55. The third kappa shape index (κ3) is 2.54. The number of rotatable bonds is 6. The fourth-order valence-corrected chi connectivity index (χ4v) is 2.53. The minimum atomic E-state index is -0.156. The van der Waals surface area contributed by atoms with Crippen molar-refractivity contribution in [3.05, 3.63) is 47.6 Å². The number of hydrogen-bond acceptors (Lipinski definition) is 4. The highest BCUT2D eigenvalue weighted by Crippen LogP contribution is 2.36. The lowest BCUT2D eigenvalue weighted by atomic mass is 9.75. The van der Waals surface area contributed by atoms with Gasteiger partial charge in [-0.25, -0.2) is 0 Å². The van der Waals surface area contributed by atoms with Gasteiger partial charge in [0.15, 0.2) is 5.82 Å². The molecule has 0 aliphatic heterocycles. The van der Waals surface area contributed by atoms with Gasteiger partial charge in [0.2, 0.25) is 5.89 Å². The van der Waals surface area contributed by atoms with Crippen molar-refractivity contribution in [3.63, 3.8) is 0 Å². The Hall–Kier alpha value is -1.68. The summed E-state index contributed by atoms with van der Waals surface area (Å²) in [5.41, 5.74) is 1.09. The molecule has 0 saturated heterocycles. The molecule has 1 aromatic carbocycles. The number of hydrogen-bond donors (Lipinski definition) is 1. The largest absolute Gasteiger partial charge is 0.338 e. The topological polar surface area (TPSA) is 51.0 Å². The highest BCUT2D eigenvalue weighted by Gasteiger charge is 2.35. The van der Waals surface area contributed by atoms with E-state index in [-0.39, 0.29) is 5.41 Å². The number of nitrogens with zero attached hydrogens (tertiary/aromatic N) is 2. The fraction of sp³-hybridized carbons (Fsp3) is 0.467. The van der Waals surface area contributed by atoms with Crippen LogP contribution in [0.5, 0.6) is 0 Å². The smallest absolute Gasteiger partial charge is 0.240 e. The molecule has 0 unspecified atom stereocenters. The Balaban J connectivity index is 2.43. The fourth-order valence-electron chi connectivity index (χ4n) is 2.53. The predicted octanol–water partition coefficient (Wildman–Crippen LogP) is 2.90. The summed E-state index contributed by atoms with van der Waals surface area (Å²) >= 11 is 0. The summed E-state index contributed by atoms with van der Waals surface area (Å²) in [7, 11) is 1.87. The van der Waals surface area contributed by atoms with Crippen molar-refractivity contribution in [2.45, 2.75) is 38.6 Å². The molecule has 0 spiro atoms. The van der Waals surface area contributed by atoms with Gasteiger partial charge in [-0.3, -0.25) is 0 Å². The standard InChI is InChI=1S/C15H21N3O/c1-4-15(5-2,12-9-7-6-8-10-12)14-17-13(11-16-3)19-18-14/h6-10,16H,4-5,11H2,1-3H3. The van der Waals surface area contributed by atoms with Gasteiger partial charge in [-0.1, -0.05) is 49.3 Å². The van der Waals surface area contributed by atoms with Gasteiger partial charge in [0.05, 0.1) is 12.0 Å². The van der Waals surface area contributed by atoms with Gasteiger partial charge >= 0.3 is 0 Å². The predicted molar refractivity (Wildman–Crippen MR) is 74.9 cm³/mol. The monoisotopic (exact) mass is 259 g/mol. The molecule has 0 radical (unpaired) electrons. The normalized spacial score (nSPS) is 11.7. The van der Waals surface area contributed by atoms with Crippen molar-refractivity contribution < 1.29 is 4.52 Å². The zero-order valence-corrected chi connectivity index (χ0v) is 11.8. The Bertz CT molecular complexity index is 503. The van der Waals surface area contributed by atoms with Gasteiger partial charge in [0, 0.05) is 0 Å². The van der Waals surface area contributed by atoms with Crippen molar-refractivity contribution in [3.8, 4) is 0 Å². The van der Waals surface area contributed by atoms with Crippen molar-refractivity contribution in [1.82, 2.24) is 15.5 Å². The molecule has 4 nitrogen and oxygen atoms in total. The maximum Gasteiger partial charge on any atom is 0.240 e. The first kappa shape index (κ1) is 13.7. The molecule has 4 heteroatoms. The zero-order valence-electron chi connectivity index (χ0n) is 11.8. The Morgan fingerprint density at radius 2 is 1.84 bits per heavy atom. The minimum absolute atomic E-state index is 0.156. The molecule has 1 heterocycles. The Morgan fingerprint density at radius 1 is 1.16 bits per heavy atom. The summed E-state index contributed by atoms with van der Waals surface area (Å²) in [6.45, 7) is 4.94. The van der Waals surface area contributed by atoms with E-state index in [0.29, 0.717) is 12.4 Å². The first-order chi connectivity index (χ1) is 9.26. The van der Waals surface area contributed by atoms with Crippen molar-refractivity contribution in [2.24, 2.45) is 0 Å². The quantitative estimate of drug-likeness (QED) is 0.866. The second kappa shape index (κ2) is 5.97. The molecule has 1 N–H and O–H groups in total. The van der Waals surface area contributed by atoms with Crippen LogP contribution in [0.15, 0.2) is 34.9 Å². The van der Waals surface area contributed by atoms with Crippen LogP contribution in [0.3, 0.4) is 0 Å². The third-order valence-electron chi connectivity index (χ3n) is 3.76. The molecule has 0 aliphatic carbocycles. The molecule has 0 bridgehead atoms. The Morgan fingerprint density at radius 3 is 2.42 bits per heavy atom. The van der Waals surface area contributed by atoms with Gasteiger partial charge in [0.1, 0.15) is 0 Å². The molecular weight excluding hydrogens is 238 g/mol. The molecule has 0 atom stereocenters. The van der Waals surface area contributed by atoms with E-state index in [2.05, 4.69) is 53.6 Å². The molecule has 102 valence electrons. The van der Waals surface area contributed by atoms with Crippen LogP contribution in [-0.4, -0.2) is 17.2 Å². The molecule has 0 amide bonds. The maximum absolute atomic E-state index is 5.31. The van der Waals surface area contributed by atoms with E-state index in [4.69, 9.17) is 4.52 Å². The van der Waals surface area contributed by atoms with Gasteiger partial charge in [-0.2, -0.15) is 4.98 Å². The summed E-state index contributed by atoms with van der Waals surface area (Å²) in [6.07, 6.45) is 1.90. The van der Waals surface area contributed by atoms with E-state index >= 15 is 0 Å². The molecule has 0 saturated carbocycles. The Labute approximate surface area is 114 Å². The number of nitrogens with one attached hydrogen (secondary N) is 1. The highest BCUT2D eigenvalue weighted by atomic mass is 16.5. The summed E-state index contributed by atoms with van der Waals surface area (Å²) in [5.74, 6) is 1.42. The van der Waals surface area contributed by atoms with Gasteiger partial charge in [-0.05, 0) is 25.5 Å². The summed E-state index contributed by atoms with van der Waals surface area (Å²) in [6, 6.07) is 10.4. The van der Waals surface area contributed by atoms with E-state index in [1.165, 1.54) is 5.56 Å². The Kier molecular flexibility index (Phi) is 4.32. The first-order valence-electron chi connectivity index (χ1n) is 6.80. The van der Waals surface area contributed by atoms with Crippen molar-refractivity contribution in [2.75, 3.05) is 7.05 Å². The molecule has 2 rings (SSSR count). The van der Waals surface area contributed by atoms with E-state index in [9.17, 15) is 0 Å². The number of benzene rings is 1. The van der Waals surface area contributed by atoms with Gasteiger partial charge in [0.25, 0.3) is 0 Å². The van der Waals surface area contributed by atoms with Crippen LogP contribution < -0.4 is 5.32 Å². The van der Waals surface area contributed by atoms with Crippen LogP contribution in [0.1, 0.15) is 44.0 Å². The van der Waals surface area contributed by atoms with E-state index in [0.717, 1.165) is 18.7 Å². The number of aromatic nitrogens is 2. The molecule has 19 heavy (non-hydrogen) atoms. The third-order valence-corrected chi connectivity index (χ3v) is 3.76. The van der Waals surface area contributed by atoms with Crippen LogP contribution in [0.4, 0.5) is 0 Å². The summed E-state index contributed by atoms with van der Waals surface area (Å²) < 4.78 is 5.31. The second-order valence-corrected chi connectivity index (χ2v) is 4.70. The average Bonchev–Trinajstić information content (AvgIpc) is 2.92. The first-order valence-corrected chi connectivity index (χ1v) is 6.80. The van der Waals surface area contributed by atoms with Crippen LogP contribution in [0.25, 0.3) is 0 Å². The van der Waals surface area contributed by atoms with Crippen molar-refractivity contribution >= 4 is 0 Å². The maximum atomic E-state index is 5.31. The van der Waals surface area contributed by atoms with E-state index in [1.54, 1.807) is 0 Å². The van der Waals surface area contributed by atoms with Gasteiger partial charge < -0.3 is 9.84 Å². The lowest BCUT2D eigenvalue weighted by molar-refractivity contribution is 0.349. The summed E-state index contributed by atoms with van der Waals surface area (Å²) in [5, 5.41) is 7.23. The van der Waals surface area contributed by atoms with Crippen LogP contribution in [0, 0.1) is 0 Å². The second-order valence-electron chi connectivity index (χ2n) is 4.70. The van der Waals surface area contributed by atoms with Gasteiger partial charge in [-0.15, -0.1) is 0 Å². The SMILES string of the molecule is CCC(CC)(c1ccccc1)c1noc(CNC)n1. The molecule has 0 aliphatic rings. The lowest BCUT2D eigenvalue weighted by Gasteiger charge is -2.28. The van der Waals surface area contributed by atoms with Crippen LogP contribution in [-0.2, 0) is 12.0 Å². The zero-order chi connectivity index (χ0) is 13.7. The average molecular weight is 259 g/mol. The molecule has 2 aromatic rings. The lowest BCUT2D eigenvalue weighted by Crippen LogP contribution is -2.27. The van der Waals surface area contributed by atoms with E-state index < -0.39 is 0 Å². The highest BCUT2D eigenvalue weighted by molar-refractivity contribution is 5.32.